The van der Waals surface area contributed by atoms with E-state index in [9.17, 15) is 0 Å². The molecule has 0 unspecified atom stereocenters. The largest absolute Gasteiger partial charge is 0.386 e. The predicted molar refractivity (Wildman–Crippen MR) is 84.0 cm³/mol. The fraction of sp³-hybridized carbons (Fsp3) is 0.294. The van der Waals surface area contributed by atoms with Crippen LogP contribution in [0, 0.1) is 13.8 Å². The Bertz CT molecular complexity index is 561. The van der Waals surface area contributed by atoms with Crippen molar-refractivity contribution in [2.75, 3.05) is 24.3 Å². The Labute approximate surface area is 116 Å². The number of aryl methyl sites for hydroxylation is 2. The van der Waals surface area contributed by atoms with Crippen LogP contribution in [0.4, 0.5) is 11.4 Å². The van der Waals surface area contributed by atoms with Gasteiger partial charge < -0.3 is 10.2 Å². The Morgan fingerprint density at radius 3 is 2.32 bits per heavy atom. The van der Waals surface area contributed by atoms with Crippen LogP contribution in [0.1, 0.15) is 16.7 Å². The van der Waals surface area contributed by atoms with E-state index in [1.165, 1.54) is 28.1 Å². The lowest BCUT2D eigenvalue weighted by Crippen LogP contribution is -2.19. The molecule has 0 aromatic heterocycles. The summed E-state index contributed by atoms with van der Waals surface area (Å²) in [6, 6.07) is 14.9. The van der Waals surface area contributed by atoms with Gasteiger partial charge in [0.2, 0.25) is 0 Å². The molecule has 0 saturated carbocycles. The standard InChI is InChI=1S/C17H22N2/c1-13-8-5-6-10-15(13)12-19(4)17-14(2)9-7-11-16(17)18-3/h5-11,18H,12H2,1-4H3. The average Bonchev–Trinajstić information content (AvgIpc) is 2.40. The van der Waals surface area contributed by atoms with Gasteiger partial charge in [-0.2, -0.15) is 0 Å². The van der Waals surface area contributed by atoms with Gasteiger partial charge in [-0.25, -0.2) is 0 Å². The summed E-state index contributed by atoms with van der Waals surface area (Å²) in [5.74, 6) is 0. The zero-order valence-electron chi connectivity index (χ0n) is 12.2. The highest BCUT2D eigenvalue weighted by atomic mass is 15.1. The molecule has 0 heterocycles. The Kier molecular flexibility index (Phi) is 4.10. The second-order valence-electron chi connectivity index (χ2n) is 5.00. The van der Waals surface area contributed by atoms with E-state index in [4.69, 9.17) is 0 Å². The van der Waals surface area contributed by atoms with Gasteiger partial charge >= 0.3 is 0 Å². The second kappa shape index (κ2) is 5.79. The Morgan fingerprint density at radius 1 is 0.947 bits per heavy atom. The van der Waals surface area contributed by atoms with E-state index in [0.717, 1.165) is 6.54 Å². The highest BCUT2D eigenvalue weighted by molar-refractivity contribution is 5.73. The topological polar surface area (TPSA) is 15.3 Å². The van der Waals surface area contributed by atoms with Crippen LogP contribution in [0.3, 0.4) is 0 Å². The van der Waals surface area contributed by atoms with Crippen molar-refractivity contribution >= 4 is 11.4 Å². The first-order chi connectivity index (χ1) is 9.13. The van der Waals surface area contributed by atoms with Gasteiger partial charge in [0.25, 0.3) is 0 Å². The van der Waals surface area contributed by atoms with Gasteiger partial charge in [0, 0.05) is 20.6 Å². The molecule has 2 aromatic rings. The van der Waals surface area contributed by atoms with Crippen LogP contribution in [0.2, 0.25) is 0 Å². The lowest BCUT2D eigenvalue weighted by molar-refractivity contribution is 0.910. The average molecular weight is 254 g/mol. The van der Waals surface area contributed by atoms with Crippen molar-refractivity contribution < 1.29 is 0 Å². The summed E-state index contributed by atoms with van der Waals surface area (Å²) < 4.78 is 0. The van der Waals surface area contributed by atoms with Crippen LogP contribution in [0.5, 0.6) is 0 Å². The Morgan fingerprint density at radius 2 is 1.63 bits per heavy atom. The van der Waals surface area contributed by atoms with E-state index >= 15 is 0 Å². The Hall–Kier alpha value is -1.96. The summed E-state index contributed by atoms with van der Waals surface area (Å²) in [6.45, 7) is 5.25. The van der Waals surface area contributed by atoms with E-state index in [0.29, 0.717) is 0 Å². The van der Waals surface area contributed by atoms with E-state index < -0.39 is 0 Å². The number of hydrogen-bond donors (Lipinski definition) is 1. The third kappa shape index (κ3) is 2.90. The molecule has 0 fully saturated rings. The molecule has 2 nitrogen and oxygen atoms in total. The molecular formula is C17H22N2. The number of anilines is 2. The van der Waals surface area contributed by atoms with Crippen molar-refractivity contribution in [3.63, 3.8) is 0 Å². The predicted octanol–water partition coefficient (Wildman–Crippen LogP) is 3.98. The molecule has 2 heteroatoms. The van der Waals surface area contributed by atoms with Crippen LogP contribution < -0.4 is 10.2 Å². The third-order valence-electron chi connectivity index (χ3n) is 3.56. The lowest BCUT2D eigenvalue weighted by atomic mass is 10.1. The number of hydrogen-bond acceptors (Lipinski definition) is 2. The van der Waals surface area contributed by atoms with E-state index in [-0.39, 0.29) is 0 Å². The van der Waals surface area contributed by atoms with Crippen molar-refractivity contribution in [3.05, 3.63) is 59.2 Å². The van der Waals surface area contributed by atoms with Crippen molar-refractivity contribution in [2.45, 2.75) is 20.4 Å². The minimum absolute atomic E-state index is 0.923. The number of benzene rings is 2. The van der Waals surface area contributed by atoms with Gasteiger partial charge in [0.1, 0.15) is 0 Å². The van der Waals surface area contributed by atoms with Gasteiger partial charge in [-0.1, -0.05) is 36.4 Å². The van der Waals surface area contributed by atoms with Crippen LogP contribution in [0.25, 0.3) is 0 Å². The molecule has 0 atom stereocenters. The van der Waals surface area contributed by atoms with Gasteiger partial charge in [-0.3, -0.25) is 0 Å². The van der Waals surface area contributed by atoms with Crippen LogP contribution >= 0.6 is 0 Å². The molecule has 0 aliphatic heterocycles. The first-order valence-corrected chi connectivity index (χ1v) is 6.66. The summed E-state index contributed by atoms with van der Waals surface area (Å²) in [5, 5.41) is 3.28. The minimum atomic E-state index is 0.923. The highest BCUT2D eigenvalue weighted by Crippen LogP contribution is 2.29. The fourth-order valence-electron chi connectivity index (χ4n) is 2.49. The molecule has 2 aromatic carbocycles. The van der Waals surface area contributed by atoms with Crippen LogP contribution in [-0.4, -0.2) is 14.1 Å². The molecule has 0 spiro atoms. The van der Waals surface area contributed by atoms with Crippen LogP contribution in [0.15, 0.2) is 42.5 Å². The molecule has 2 rings (SSSR count). The number of rotatable bonds is 4. The van der Waals surface area contributed by atoms with Crippen LogP contribution in [-0.2, 0) is 6.54 Å². The molecule has 19 heavy (non-hydrogen) atoms. The normalized spacial score (nSPS) is 10.3. The zero-order valence-corrected chi connectivity index (χ0v) is 12.2. The van der Waals surface area contributed by atoms with Gasteiger partial charge in [-0.15, -0.1) is 0 Å². The third-order valence-corrected chi connectivity index (χ3v) is 3.56. The van der Waals surface area contributed by atoms with Gasteiger partial charge in [0.15, 0.2) is 0 Å². The number of nitrogens with one attached hydrogen (secondary N) is 1. The van der Waals surface area contributed by atoms with Crippen molar-refractivity contribution in [1.29, 1.82) is 0 Å². The summed E-state index contributed by atoms with van der Waals surface area (Å²) in [6.07, 6.45) is 0. The van der Waals surface area contributed by atoms with E-state index in [2.05, 4.69) is 73.6 Å². The molecule has 0 bridgehead atoms. The number of nitrogens with zero attached hydrogens (tertiary/aromatic N) is 1. The second-order valence-corrected chi connectivity index (χ2v) is 5.00. The quantitative estimate of drug-likeness (QED) is 0.887. The van der Waals surface area contributed by atoms with E-state index in [1.807, 2.05) is 7.05 Å². The van der Waals surface area contributed by atoms with Crippen molar-refractivity contribution in [3.8, 4) is 0 Å². The molecule has 0 aliphatic carbocycles. The molecule has 0 saturated heterocycles. The van der Waals surface area contributed by atoms with Gasteiger partial charge in [-0.05, 0) is 36.6 Å². The maximum Gasteiger partial charge on any atom is 0.0632 e. The summed E-state index contributed by atoms with van der Waals surface area (Å²) >= 11 is 0. The zero-order chi connectivity index (χ0) is 13.8. The fourth-order valence-corrected chi connectivity index (χ4v) is 2.49. The smallest absolute Gasteiger partial charge is 0.0632 e. The molecular weight excluding hydrogens is 232 g/mol. The Balaban J connectivity index is 2.30. The van der Waals surface area contributed by atoms with Crippen molar-refractivity contribution in [2.24, 2.45) is 0 Å². The first kappa shape index (κ1) is 13.5. The summed E-state index contributed by atoms with van der Waals surface area (Å²) in [4.78, 5) is 2.31. The number of para-hydroxylation sites is 1. The molecule has 0 aliphatic rings. The first-order valence-electron chi connectivity index (χ1n) is 6.66. The molecule has 1 N–H and O–H groups in total. The monoisotopic (exact) mass is 254 g/mol. The SMILES string of the molecule is CNc1cccc(C)c1N(C)Cc1ccccc1C. The summed E-state index contributed by atoms with van der Waals surface area (Å²) in [5.41, 5.74) is 6.46. The highest BCUT2D eigenvalue weighted by Gasteiger charge is 2.10. The van der Waals surface area contributed by atoms with Crippen molar-refractivity contribution in [1.82, 2.24) is 0 Å². The molecule has 100 valence electrons. The lowest BCUT2D eigenvalue weighted by Gasteiger charge is -2.25. The molecule has 0 amide bonds. The van der Waals surface area contributed by atoms with E-state index in [1.54, 1.807) is 0 Å². The maximum absolute atomic E-state index is 3.28. The maximum atomic E-state index is 3.28. The minimum Gasteiger partial charge on any atom is -0.386 e. The summed E-state index contributed by atoms with van der Waals surface area (Å²) in [7, 11) is 4.12. The molecule has 0 radical (unpaired) electrons. The van der Waals surface area contributed by atoms with Gasteiger partial charge in [0.05, 0.1) is 11.4 Å².